The summed E-state index contributed by atoms with van der Waals surface area (Å²) in [6, 6.07) is 15.2. The fourth-order valence-electron chi connectivity index (χ4n) is 3.12. The van der Waals surface area contributed by atoms with Crippen molar-refractivity contribution >= 4 is 5.91 Å². The summed E-state index contributed by atoms with van der Waals surface area (Å²) in [5, 5.41) is 14.6. The average molecular weight is 365 g/mol. The molecule has 27 heavy (non-hydrogen) atoms. The van der Waals surface area contributed by atoms with Crippen molar-refractivity contribution in [2.24, 2.45) is 5.92 Å². The highest BCUT2D eigenvalue weighted by molar-refractivity contribution is 5.79. The Morgan fingerprint density at radius 1 is 1.26 bits per heavy atom. The molecule has 0 aliphatic carbocycles. The van der Waals surface area contributed by atoms with E-state index in [0.29, 0.717) is 24.6 Å². The van der Waals surface area contributed by atoms with Gasteiger partial charge in [-0.05, 0) is 40.6 Å². The Hall–Kier alpha value is -3.42. The summed E-state index contributed by atoms with van der Waals surface area (Å²) in [5.41, 5.74) is 1.81. The van der Waals surface area contributed by atoms with Gasteiger partial charge in [-0.25, -0.2) is 0 Å². The molecule has 3 aromatic rings. The lowest BCUT2D eigenvalue weighted by atomic mass is 9.95. The number of carbonyl (C=O) groups is 1. The summed E-state index contributed by atoms with van der Waals surface area (Å²) in [6.07, 6.45) is 0.599. The van der Waals surface area contributed by atoms with Crippen LogP contribution >= 0.6 is 0 Å². The predicted molar refractivity (Wildman–Crippen MR) is 96.7 cm³/mol. The minimum absolute atomic E-state index is 0.0916. The van der Waals surface area contributed by atoms with Gasteiger partial charge < -0.3 is 14.8 Å². The van der Waals surface area contributed by atoms with E-state index in [1.165, 1.54) is 0 Å². The number of amides is 1. The van der Waals surface area contributed by atoms with Gasteiger partial charge in [-0.1, -0.05) is 30.3 Å². The summed E-state index contributed by atoms with van der Waals surface area (Å²) in [7, 11) is 1.61. The van der Waals surface area contributed by atoms with Crippen LogP contribution < -0.4 is 14.8 Å². The van der Waals surface area contributed by atoms with E-state index in [-0.39, 0.29) is 18.4 Å². The molecule has 138 valence electrons. The Labute approximate surface area is 156 Å². The molecule has 0 fully saturated rings. The second-order valence-corrected chi connectivity index (χ2v) is 6.22. The maximum absolute atomic E-state index is 12.6. The second kappa shape index (κ2) is 7.45. The van der Waals surface area contributed by atoms with E-state index in [1.807, 2.05) is 48.5 Å². The van der Waals surface area contributed by atoms with E-state index in [4.69, 9.17) is 9.47 Å². The molecule has 1 atom stereocenters. The standard InChI is InChI=1S/C19H19N5O3/c1-26-16-9-5-6-13-10-14(12-27-18(13)16)19(25)20-11-17-21-22-23-24(17)15-7-3-2-4-8-15/h2-9,14H,10-12H2,1H3,(H,20,25)/t14-/m1/s1. The molecule has 2 aromatic carbocycles. The van der Waals surface area contributed by atoms with Crippen LogP contribution in [0.5, 0.6) is 11.5 Å². The molecule has 2 heterocycles. The smallest absolute Gasteiger partial charge is 0.227 e. The molecule has 1 N–H and O–H groups in total. The third-order valence-electron chi connectivity index (χ3n) is 4.50. The minimum Gasteiger partial charge on any atom is -0.493 e. The van der Waals surface area contributed by atoms with Crippen LogP contribution in [0.2, 0.25) is 0 Å². The van der Waals surface area contributed by atoms with Crippen LogP contribution in [0.1, 0.15) is 11.4 Å². The first-order valence-corrected chi connectivity index (χ1v) is 8.65. The van der Waals surface area contributed by atoms with E-state index >= 15 is 0 Å². The van der Waals surface area contributed by atoms with Crippen LogP contribution in [-0.4, -0.2) is 39.8 Å². The van der Waals surface area contributed by atoms with Crippen molar-refractivity contribution in [3.8, 4) is 17.2 Å². The Balaban J connectivity index is 1.42. The average Bonchev–Trinajstić information content (AvgIpc) is 3.20. The topological polar surface area (TPSA) is 91.2 Å². The maximum Gasteiger partial charge on any atom is 0.227 e. The van der Waals surface area contributed by atoms with Crippen LogP contribution in [0.25, 0.3) is 5.69 Å². The fourth-order valence-corrected chi connectivity index (χ4v) is 3.12. The van der Waals surface area contributed by atoms with Gasteiger partial charge in [-0.2, -0.15) is 4.68 Å². The number of fused-ring (bicyclic) bond motifs is 1. The van der Waals surface area contributed by atoms with Gasteiger partial charge in [0.15, 0.2) is 17.3 Å². The molecule has 1 aliphatic rings. The number of hydrogen-bond acceptors (Lipinski definition) is 6. The van der Waals surface area contributed by atoms with Crippen LogP contribution in [0.4, 0.5) is 0 Å². The number of nitrogens with one attached hydrogen (secondary N) is 1. The van der Waals surface area contributed by atoms with Gasteiger partial charge >= 0.3 is 0 Å². The molecule has 1 aromatic heterocycles. The molecule has 8 nitrogen and oxygen atoms in total. The monoisotopic (exact) mass is 365 g/mol. The first-order valence-electron chi connectivity index (χ1n) is 8.65. The van der Waals surface area contributed by atoms with E-state index in [2.05, 4.69) is 20.8 Å². The maximum atomic E-state index is 12.6. The van der Waals surface area contributed by atoms with E-state index in [9.17, 15) is 4.79 Å². The van der Waals surface area contributed by atoms with Gasteiger partial charge in [-0.15, -0.1) is 5.10 Å². The van der Waals surface area contributed by atoms with Gasteiger partial charge in [0.25, 0.3) is 0 Å². The molecule has 0 spiro atoms. The van der Waals surface area contributed by atoms with Gasteiger partial charge in [0.2, 0.25) is 5.91 Å². The largest absolute Gasteiger partial charge is 0.493 e. The molecular weight excluding hydrogens is 346 g/mol. The number of carbonyl (C=O) groups excluding carboxylic acids is 1. The summed E-state index contributed by atoms with van der Waals surface area (Å²) in [4.78, 5) is 12.6. The summed E-state index contributed by atoms with van der Waals surface area (Å²) < 4.78 is 12.7. The molecule has 0 unspecified atom stereocenters. The van der Waals surface area contributed by atoms with Gasteiger partial charge in [0.1, 0.15) is 6.61 Å². The van der Waals surface area contributed by atoms with Crippen LogP contribution in [0.3, 0.4) is 0 Å². The van der Waals surface area contributed by atoms with Gasteiger partial charge in [0, 0.05) is 0 Å². The normalized spacial score (nSPS) is 15.5. The SMILES string of the molecule is COc1cccc2c1OC[C@H](C(=O)NCc1nnnn1-c1ccccc1)C2. The molecule has 1 amide bonds. The fraction of sp³-hybridized carbons (Fsp3) is 0.263. The number of tetrazole rings is 1. The third kappa shape index (κ3) is 3.46. The van der Waals surface area contributed by atoms with E-state index in [1.54, 1.807) is 11.8 Å². The molecular formula is C19H19N5O3. The van der Waals surface area contributed by atoms with Crippen molar-refractivity contribution in [2.75, 3.05) is 13.7 Å². The summed E-state index contributed by atoms with van der Waals surface area (Å²) >= 11 is 0. The highest BCUT2D eigenvalue weighted by atomic mass is 16.5. The number of benzene rings is 2. The summed E-state index contributed by atoms with van der Waals surface area (Å²) in [5.74, 6) is 1.61. The van der Waals surface area contributed by atoms with Crippen molar-refractivity contribution < 1.29 is 14.3 Å². The number of hydrogen-bond donors (Lipinski definition) is 1. The van der Waals surface area contributed by atoms with Crippen molar-refractivity contribution in [2.45, 2.75) is 13.0 Å². The van der Waals surface area contributed by atoms with Crippen LogP contribution in [-0.2, 0) is 17.8 Å². The Morgan fingerprint density at radius 3 is 2.93 bits per heavy atom. The Bertz CT molecular complexity index is 942. The summed E-state index contributed by atoms with van der Waals surface area (Å²) in [6.45, 7) is 0.547. The number of para-hydroxylation sites is 2. The quantitative estimate of drug-likeness (QED) is 0.737. The zero-order valence-electron chi connectivity index (χ0n) is 14.8. The Kier molecular flexibility index (Phi) is 4.69. The zero-order valence-corrected chi connectivity index (χ0v) is 14.8. The lowest BCUT2D eigenvalue weighted by Gasteiger charge is -2.25. The van der Waals surface area contributed by atoms with Crippen LogP contribution in [0, 0.1) is 5.92 Å². The molecule has 8 heteroatoms. The molecule has 0 radical (unpaired) electrons. The zero-order chi connectivity index (χ0) is 18.6. The highest BCUT2D eigenvalue weighted by Crippen LogP contribution is 2.36. The van der Waals surface area contributed by atoms with Crippen molar-refractivity contribution in [3.05, 3.63) is 59.9 Å². The molecule has 4 rings (SSSR count). The van der Waals surface area contributed by atoms with Crippen molar-refractivity contribution in [3.63, 3.8) is 0 Å². The van der Waals surface area contributed by atoms with Crippen LogP contribution in [0.15, 0.2) is 48.5 Å². The first kappa shape index (κ1) is 17.0. The van der Waals surface area contributed by atoms with E-state index in [0.717, 1.165) is 17.0 Å². The molecule has 1 aliphatic heterocycles. The molecule has 0 bridgehead atoms. The number of rotatable bonds is 5. The van der Waals surface area contributed by atoms with Crippen molar-refractivity contribution in [1.29, 1.82) is 0 Å². The van der Waals surface area contributed by atoms with Crippen molar-refractivity contribution in [1.82, 2.24) is 25.5 Å². The number of ether oxygens (including phenoxy) is 2. The lowest BCUT2D eigenvalue weighted by Crippen LogP contribution is -2.37. The minimum atomic E-state index is -0.273. The number of aromatic nitrogens is 4. The van der Waals surface area contributed by atoms with Gasteiger partial charge in [-0.3, -0.25) is 4.79 Å². The highest BCUT2D eigenvalue weighted by Gasteiger charge is 2.28. The Morgan fingerprint density at radius 2 is 2.11 bits per heavy atom. The molecule has 0 saturated heterocycles. The van der Waals surface area contributed by atoms with Gasteiger partial charge in [0.05, 0.1) is 25.3 Å². The third-order valence-corrected chi connectivity index (χ3v) is 4.50. The number of methoxy groups -OCH3 is 1. The lowest BCUT2D eigenvalue weighted by molar-refractivity contribution is -0.126. The first-order chi connectivity index (χ1) is 13.3. The predicted octanol–water partition coefficient (Wildman–Crippen LogP) is 1.54. The number of nitrogens with zero attached hydrogens (tertiary/aromatic N) is 4. The van der Waals surface area contributed by atoms with E-state index < -0.39 is 0 Å². The molecule has 0 saturated carbocycles. The second-order valence-electron chi connectivity index (χ2n) is 6.22.